The zero-order valence-electron chi connectivity index (χ0n) is 9.77. The second-order valence-electron chi connectivity index (χ2n) is 4.26. The summed E-state index contributed by atoms with van der Waals surface area (Å²) in [7, 11) is 0. The van der Waals surface area contributed by atoms with E-state index < -0.39 is 17.9 Å². The van der Waals surface area contributed by atoms with Crippen LogP contribution < -0.4 is 10.6 Å². The molecule has 0 spiro atoms. The lowest BCUT2D eigenvalue weighted by Gasteiger charge is -2.07. The number of aromatic amines is 1. The molecule has 96 valence electrons. The van der Waals surface area contributed by atoms with Crippen molar-refractivity contribution in [3.05, 3.63) is 30.0 Å². The molecule has 1 aromatic heterocycles. The van der Waals surface area contributed by atoms with Gasteiger partial charge in [0.25, 0.3) is 5.91 Å². The first-order chi connectivity index (χ1) is 9.15. The predicted octanol–water partition coefficient (Wildman–Crippen LogP) is -0.292. The molecule has 0 bridgehead atoms. The van der Waals surface area contributed by atoms with Crippen LogP contribution in [0.2, 0.25) is 0 Å². The molecular formula is C12H10N4O3. The monoisotopic (exact) mass is 258 g/mol. The number of nitrogens with one attached hydrogen (secondary N) is 3. The van der Waals surface area contributed by atoms with Gasteiger partial charge in [0.1, 0.15) is 6.04 Å². The number of hydrogen-bond donors (Lipinski definition) is 3. The maximum absolute atomic E-state index is 12.0. The minimum atomic E-state index is -0.824. The molecule has 1 aliphatic rings. The third-order valence-electron chi connectivity index (χ3n) is 2.96. The molecule has 3 N–H and O–H groups in total. The van der Waals surface area contributed by atoms with Gasteiger partial charge in [-0.1, -0.05) is 18.2 Å². The topological polar surface area (TPSA) is 104 Å². The largest absolute Gasteiger partial charge is 0.338 e. The van der Waals surface area contributed by atoms with Crippen LogP contribution in [0.5, 0.6) is 0 Å². The Morgan fingerprint density at radius 1 is 1.32 bits per heavy atom. The molecule has 1 unspecified atom stereocenters. The van der Waals surface area contributed by atoms with Gasteiger partial charge in [-0.25, -0.2) is 0 Å². The lowest BCUT2D eigenvalue weighted by Crippen LogP contribution is -2.40. The van der Waals surface area contributed by atoms with Crippen molar-refractivity contribution in [2.75, 3.05) is 0 Å². The zero-order chi connectivity index (χ0) is 13.4. The number of carbonyl (C=O) groups excluding carboxylic acids is 3. The van der Waals surface area contributed by atoms with E-state index in [4.69, 9.17) is 0 Å². The highest BCUT2D eigenvalue weighted by Crippen LogP contribution is 2.15. The molecule has 1 aliphatic heterocycles. The third-order valence-corrected chi connectivity index (χ3v) is 2.96. The van der Waals surface area contributed by atoms with Gasteiger partial charge in [-0.05, 0) is 6.07 Å². The van der Waals surface area contributed by atoms with Crippen molar-refractivity contribution in [2.45, 2.75) is 12.5 Å². The average molecular weight is 258 g/mol. The predicted molar refractivity (Wildman–Crippen MR) is 65.1 cm³/mol. The SMILES string of the molecule is O=C1CC(NC(=O)c2n[nH]c3ccccc23)C(=O)N1. The Balaban J connectivity index is 1.85. The number of fused-ring (bicyclic) bond motifs is 1. The molecule has 0 aliphatic carbocycles. The number of H-pyrrole nitrogens is 1. The first-order valence-corrected chi connectivity index (χ1v) is 5.73. The van der Waals surface area contributed by atoms with Crippen LogP contribution in [0.1, 0.15) is 16.9 Å². The van der Waals surface area contributed by atoms with E-state index in [0.29, 0.717) is 5.39 Å². The van der Waals surface area contributed by atoms with Gasteiger partial charge in [0.15, 0.2) is 5.69 Å². The van der Waals surface area contributed by atoms with Gasteiger partial charge in [-0.3, -0.25) is 24.8 Å². The fourth-order valence-electron chi connectivity index (χ4n) is 2.03. The fraction of sp³-hybridized carbons (Fsp3) is 0.167. The minimum Gasteiger partial charge on any atom is -0.338 e. The number of benzene rings is 1. The van der Waals surface area contributed by atoms with E-state index in [2.05, 4.69) is 20.8 Å². The Bertz CT molecular complexity index is 691. The molecule has 0 saturated carbocycles. The van der Waals surface area contributed by atoms with Gasteiger partial charge in [-0.15, -0.1) is 0 Å². The molecule has 1 saturated heterocycles. The quantitative estimate of drug-likeness (QED) is 0.644. The van der Waals surface area contributed by atoms with Crippen molar-refractivity contribution in [3.8, 4) is 0 Å². The summed E-state index contributed by atoms with van der Waals surface area (Å²) in [6.45, 7) is 0. The molecular weight excluding hydrogens is 248 g/mol. The maximum atomic E-state index is 12.0. The van der Waals surface area contributed by atoms with Gasteiger partial charge in [0.05, 0.1) is 11.9 Å². The Morgan fingerprint density at radius 2 is 2.11 bits per heavy atom. The number of hydrogen-bond acceptors (Lipinski definition) is 4. The van der Waals surface area contributed by atoms with Gasteiger partial charge in [-0.2, -0.15) is 5.10 Å². The van der Waals surface area contributed by atoms with Crippen molar-refractivity contribution in [3.63, 3.8) is 0 Å². The second-order valence-corrected chi connectivity index (χ2v) is 4.26. The molecule has 2 heterocycles. The number of nitrogens with zero attached hydrogens (tertiary/aromatic N) is 1. The van der Waals surface area contributed by atoms with E-state index in [-0.39, 0.29) is 18.0 Å². The number of imide groups is 1. The van der Waals surface area contributed by atoms with Crippen LogP contribution in [-0.4, -0.2) is 34.0 Å². The van der Waals surface area contributed by atoms with Crippen molar-refractivity contribution in [1.29, 1.82) is 0 Å². The number of aromatic nitrogens is 2. The van der Waals surface area contributed by atoms with Crippen molar-refractivity contribution in [2.24, 2.45) is 0 Å². The Kier molecular flexibility index (Phi) is 2.52. The van der Waals surface area contributed by atoms with E-state index in [1.54, 1.807) is 18.2 Å². The van der Waals surface area contributed by atoms with Crippen LogP contribution in [0.4, 0.5) is 0 Å². The average Bonchev–Trinajstić information content (AvgIpc) is 2.93. The van der Waals surface area contributed by atoms with Crippen molar-refractivity contribution >= 4 is 28.6 Å². The highest BCUT2D eigenvalue weighted by Gasteiger charge is 2.32. The lowest BCUT2D eigenvalue weighted by molar-refractivity contribution is -0.125. The van der Waals surface area contributed by atoms with Crippen LogP contribution in [0.3, 0.4) is 0 Å². The number of rotatable bonds is 2. The summed E-state index contributed by atoms with van der Waals surface area (Å²) in [5, 5.41) is 12.0. The molecule has 19 heavy (non-hydrogen) atoms. The Labute approximate surface area is 107 Å². The van der Waals surface area contributed by atoms with Gasteiger partial charge in [0.2, 0.25) is 11.8 Å². The number of carbonyl (C=O) groups is 3. The van der Waals surface area contributed by atoms with Gasteiger partial charge >= 0.3 is 0 Å². The molecule has 0 radical (unpaired) electrons. The summed E-state index contributed by atoms with van der Waals surface area (Å²) in [6.07, 6.45) is -0.0348. The van der Waals surface area contributed by atoms with Crippen LogP contribution in [0.25, 0.3) is 10.9 Å². The van der Waals surface area contributed by atoms with E-state index >= 15 is 0 Å². The number of para-hydroxylation sites is 1. The third kappa shape index (κ3) is 1.95. The molecule has 2 aromatic rings. The van der Waals surface area contributed by atoms with E-state index in [1.165, 1.54) is 0 Å². The molecule has 1 aromatic carbocycles. The van der Waals surface area contributed by atoms with Gasteiger partial charge < -0.3 is 5.32 Å². The molecule has 1 fully saturated rings. The van der Waals surface area contributed by atoms with E-state index in [0.717, 1.165) is 5.52 Å². The molecule has 7 heteroatoms. The highest BCUT2D eigenvalue weighted by molar-refractivity contribution is 6.10. The summed E-state index contributed by atoms with van der Waals surface area (Å²) in [5.74, 6) is -1.35. The Morgan fingerprint density at radius 3 is 2.84 bits per heavy atom. The summed E-state index contributed by atoms with van der Waals surface area (Å²) < 4.78 is 0. The van der Waals surface area contributed by atoms with Crippen LogP contribution in [0.15, 0.2) is 24.3 Å². The minimum absolute atomic E-state index is 0.0348. The standard InChI is InChI=1S/C12H10N4O3/c17-9-5-8(11(18)14-9)13-12(19)10-6-3-1-2-4-7(6)15-16-10/h1-4,8H,5H2,(H,13,19)(H,15,16)(H,14,17,18). The first-order valence-electron chi connectivity index (χ1n) is 5.73. The smallest absolute Gasteiger partial charge is 0.273 e. The number of amides is 3. The van der Waals surface area contributed by atoms with E-state index in [1.807, 2.05) is 6.07 Å². The van der Waals surface area contributed by atoms with Crippen LogP contribution in [-0.2, 0) is 9.59 Å². The van der Waals surface area contributed by atoms with Crippen LogP contribution >= 0.6 is 0 Å². The van der Waals surface area contributed by atoms with Crippen molar-refractivity contribution < 1.29 is 14.4 Å². The maximum Gasteiger partial charge on any atom is 0.273 e. The molecule has 1 atom stereocenters. The zero-order valence-corrected chi connectivity index (χ0v) is 9.77. The summed E-state index contributed by atoms with van der Waals surface area (Å²) in [6, 6.07) is 6.35. The lowest BCUT2D eigenvalue weighted by atomic mass is 10.2. The van der Waals surface area contributed by atoms with E-state index in [9.17, 15) is 14.4 Å². The van der Waals surface area contributed by atoms with Crippen molar-refractivity contribution in [1.82, 2.24) is 20.8 Å². The molecule has 3 rings (SSSR count). The summed E-state index contributed by atoms with van der Waals surface area (Å²) >= 11 is 0. The second kappa shape index (κ2) is 4.20. The highest BCUT2D eigenvalue weighted by atomic mass is 16.2. The van der Waals surface area contributed by atoms with Gasteiger partial charge in [0, 0.05) is 5.39 Å². The summed E-state index contributed by atoms with van der Waals surface area (Å²) in [4.78, 5) is 34.5. The van der Waals surface area contributed by atoms with Crippen LogP contribution in [0, 0.1) is 0 Å². The molecule has 3 amide bonds. The molecule has 7 nitrogen and oxygen atoms in total. The first kappa shape index (κ1) is 11.4. The summed E-state index contributed by atoms with van der Waals surface area (Å²) in [5.41, 5.74) is 0.947. The normalized spacial score (nSPS) is 18.6. The Hall–Kier alpha value is -2.70. The fourth-order valence-corrected chi connectivity index (χ4v) is 2.03.